The van der Waals surface area contributed by atoms with Crippen molar-refractivity contribution in [2.45, 2.75) is 9.79 Å². The fraction of sp³-hybridized carbons (Fsp3) is 0. The molecule has 9 heteroatoms. The van der Waals surface area contributed by atoms with Crippen LogP contribution in [0, 0.1) is 10.1 Å². The van der Waals surface area contributed by atoms with Crippen LogP contribution in [0.15, 0.2) is 62.5 Å². The van der Waals surface area contributed by atoms with Gasteiger partial charge in [0, 0.05) is 32.5 Å². The summed E-state index contributed by atoms with van der Waals surface area (Å²) < 4.78 is 0. The smallest absolute Gasteiger partial charge is 0.270 e. The zero-order valence-corrected chi connectivity index (χ0v) is 13.3. The number of halogens is 1. The molecule has 2 aromatic carbocycles. The van der Waals surface area contributed by atoms with Crippen molar-refractivity contribution in [2.75, 3.05) is 0 Å². The summed E-state index contributed by atoms with van der Waals surface area (Å²) >= 11 is 7.27. The van der Waals surface area contributed by atoms with Crippen LogP contribution in [0.1, 0.15) is 5.56 Å². The highest BCUT2D eigenvalue weighted by atomic mass is 35.5. The maximum Gasteiger partial charge on any atom is 0.270 e. The van der Waals surface area contributed by atoms with Crippen molar-refractivity contribution in [3.8, 4) is 0 Å². The zero-order chi connectivity index (χ0) is 16.8. The van der Waals surface area contributed by atoms with Crippen LogP contribution in [0.5, 0.6) is 0 Å². The van der Waals surface area contributed by atoms with Crippen LogP contribution in [0.2, 0.25) is 5.02 Å². The fourth-order valence-corrected chi connectivity index (χ4v) is 2.65. The number of rotatable bonds is 5. The molecule has 0 saturated heterocycles. The lowest BCUT2D eigenvalue weighted by atomic mass is 10.2. The molecule has 0 fully saturated rings. The van der Waals surface area contributed by atoms with Gasteiger partial charge in [0.15, 0.2) is 0 Å². The summed E-state index contributed by atoms with van der Waals surface area (Å²) in [5.74, 6) is -0.196. The van der Waals surface area contributed by atoms with Gasteiger partial charge >= 0.3 is 0 Å². The van der Waals surface area contributed by atoms with Crippen molar-refractivity contribution in [1.29, 1.82) is 0 Å². The van der Waals surface area contributed by atoms with Crippen LogP contribution < -0.4 is 11.5 Å². The van der Waals surface area contributed by atoms with Crippen molar-refractivity contribution >= 4 is 41.2 Å². The second-order valence-electron chi connectivity index (χ2n) is 4.30. The average molecular weight is 350 g/mol. The Labute approximate surface area is 141 Å². The molecule has 0 aliphatic rings. The molecule has 7 nitrogen and oxygen atoms in total. The van der Waals surface area contributed by atoms with E-state index in [-0.39, 0.29) is 11.6 Å². The van der Waals surface area contributed by atoms with Crippen LogP contribution in [-0.2, 0) is 0 Å². The first-order valence-electron chi connectivity index (χ1n) is 6.29. The molecule has 118 valence electrons. The molecule has 0 bridgehead atoms. The number of guanidine groups is 1. The van der Waals surface area contributed by atoms with Gasteiger partial charge in [0.2, 0.25) is 5.96 Å². The molecule has 0 radical (unpaired) electrons. The summed E-state index contributed by atoms with van der Waals surface area (Å²) in [7, 11) is 0. The SMILES string of the molecule is NC(N)=NN=Cc1cc([N+](=O)[O-])ccc1Sc1ccc(Cl)cc1. The third-order valence-corrected chi connectivity index (χ3v) is 3.97. The highest BCUT2D eigenvalue weighted by Gasteiger charge is 2.11. The predicted octanol–water partition coefficient (Wildman–Crippen LogP) is 3.01. The van der Waals surface area contributed by atoms with E-state index in [1.54, 1.807) is 18.2 Å². The minimum atomic E-state index is -0.478. The number of nitro benzene ring substituents is 1. The molecule has 0 aromatic heterocycles. The van der Waals surface area contributed by atoms with Gasteiger partial charge in [-0.15, -0.1) is 5.10 Å². The lowest BCUT2D eigenvalue weighted by Gasteiger charge is -2.05. The first-order valence-corrected chi connectivity index (χ1v) is 7.49. The first kappa shape index (κ1) is 16.8. The zero-order valence-electron chi connectivity index (χ0n) is 11.7. The van der Waals surface area contributed by atoms with Crippen LogP contribution >= 0.6 is 23.4 Å². The quantitative estimate of drug-likeness (QED) is 0.372. The van der Waals surface area contributed by atoms with Gasteiger partial charge in [0.25, 0.3) is 5.69 Å². The number of non-ortho nitro benzene ring substituents is 1. The molecular formula is C14H12ClN5O2S. The first-order chi connectivity index (χ1) is 11.0. The van der Waals surface area contributed by atoms with Crippen LogP contribution in [-0.4, -0.2) is 17.1 Å². The largest absolute Gasteiger partial charge is 0.369 e. The Balaban J connectivity index is 2.36. The summed E-state index contributed by atoms with van der Waals surface area (Å²) in [5, 5.41) is 18.8. The molecule has 0 heterocycles. The normalized spacial score (nSPS) is 10.7. The summed E-state index contributed by atoms with van der Waals surface area (Å²) in [5.41, 5.74) is 10.9. The lowest BCUT2D eigenvalue weighted by molar-refractivity contribution is -0.384. The van der Waals surface area contributed by atoms with E-state index in [1.165, 1.54) is 30.1 Å². The van der Waals surface area contributed by atoms with Gasteiger partial charge in [0.1, 0.15) is 0 Å². The van der Waals surface area contributed by atoms with Gasteiger partial charge in [-0.2, -0.15) is 5.10 Å². The van der Waals surface area contributed by atoms with E-state index < -0.39 is 4.92 Å². The van der Waals surface area contributed by atoms with Crippen molar-refractivity contribution in [1.82, 2.24) is 0 Å². The molecule has 0 unspecified atom stereocenters. The van der Waals surface area contributed by atoms with Crippen molar-refractivity contribution in [3.05, 3.63) is 63.2 Å². The Morgan fingerprint density at radius 2 is 1.91 bits per heavy atom. The van der Waals surface area contributed by atoms with E-state index in [0.717, 1.165) is 9.79 Å². The monoisotopic (exact) mass is 349 g/mol. The maximum absolute atomic E-state index is 10.9. The summed E-state index contributed by atoms with van der Waals surface area (Å²) in [4.78, 5) is 12.1. The second-order valence-corrected chi connectivity index (χ2v) is 5.86. The highest BCUT2D eigenvalue weighted by molar-refractivity contribution is 7.99. The third-order valence-electron chi connectivity index (χ3n) is 2.62. The topological polar surface area (TPSA) is 120 Å². The van der Waals surface area contributed by atoms with Gasteiger partial charge in [-0.1, -0.05) is 23.4 Å². The third kappa shape index (κ3) is 4.97. The summed E-state index contributed by atoms with van der Waals surface area (Å²) in [6.07, 6.45) is 1.37. The Hall–Kier alpha value is -2.58. The Kier molecular flexibility index (Phi) is 5.56. The average Bonchev–Trinajstić information content (AvgIpc) is 2.50. The van der Waals surface area contributed by atoms with E-state index in [1.807, 2.05) is 12.1 Å². The molecule has 4 N–H and O–H groups in total. The number of nitrogens with zero attached hydrogens (tertiary/aromatic N) is 3. The number of nitro groups is 1. The van der Waals surface area contributed by atoms with Crippen molar-refractivity contribution in [3.63, 3.8) is 0 Å². The fourth-order valence-electron chi connectivity index (χ4n) is 1.63. The molecular weight excluding hydrogens is 338 g/mol. The Morgan fingerprint density at radius 1 is 1.22 bits per heavy atom. The summed E-state index contributed by atoms with van der Waals surface area (Å²) in [6.45, 7) is 0. The maximum atomic E-state index is 10.9. The molecule has 0 saturated carbocycles. The number of hydrogen-bond acceptors (Lipinski definition) is 5. The molecule has 0 spiro atoms. The van der Waals surface area contributed by atoms with Gasteiger partial charge in [-0.25, -0.2) is 0 Å². The standard InChI is InChI=1S/C14H12ClN5O2S/c15-10-1-4-12(5-2-10)23-13-6-3-11(20(21)22)7-9(13)8-18-19-14(16)17/h1-8H,(H4,16,17,19). The Bertz CT molecular complexity index is 773. The number of hydrogen-bond donors (Lipinski definition) is 2. The van der Waals surface area contributed by atoms with Gasteiger partial charge in [0.05, 0.1) is 11.1 Å². The molecule has 2 rings (SSSR count). The Morgan fingerprint density at radius 3 is 2.52 bits per heavy atom. The van der Waals surface area contributed by atoms with Crippen molar-refractivity contribution in [2.24, 2.45) is 21.7 Å². The molecule has 23 heavy (non-hydrogen) atoms. The number of nitrogens with two attached hydrogens (primary N) is 2. The predicted molar refractivity (Wildman–Crippen MR) is 92.1 cm³/mol. The summed E-state index contributed by atoms with van der Waals surface area (Å²) in [6, 6.07) is 11.7. The van der Waals surface area contributed by atoms with E-state index >= 15 is 0 Å². The van der Waals surface area contributed by atoms with Crippen molar-refractivity contribution < 1.29 is 4.92 Å². The number of benzene rings is 2. The highest BCUT2D eigenvalue weighted by Crippen LogP contribution is 2.32. The van der Waals surface area contributed by atoms with Crippen LogP contribution in [0.3, 0.4) is 0 Å². The molecule has 0 aliphatic carbocycles. The van der Waals surface area contributed by atoms with Crippen LogP contribution in [0.4, 0.5) is 5.69 Å². The van der Waals surface area contributed by atoms with Crippen LogP contribution in [0.25, 0.3) is 0 Å². The molecule has 2 aromatic rings. The van der Waals surface area contributed by atoms with E-state index in [4.69, 9.17) is 23.1 Å². The van der Waals surface area contributed by atoms with Gasteiger partial charge < -0.3 is 11.5 Å². The van der Waals surface area contributed by atoms with E-state index in [0.29, 0.717) is 10.6 Å². The second kappa shape index (κ2) is 7.61. The minimum absolute atomic E-state index is 0.0448. The lowest BCUT2D eigenvalue weighted by Crippen LogP contribution is -2.21. The van der Waals surface area contributed by atoms with E-state index in [9.17, 15) is 10.1 Å². The molecule has 0 atom stereocenters. The minimum Gasteiger partial charge on any atom is -0.369 e. The van der Waals surface area contributed by atoms with Gasteiger partial charge in [-0.3, -0.25) is 10.1 Å². The molecule has 0 amide bonds. The molecule has 0 aliphatic heterocycles. The van der Waals surface area contributed by atoms with Gasteiger partial charge in [-0.05, 0) is 30.3 Å². The van der Waals surface area contributed by atoms with E-state index in [2.05, 4.69) is 10.2 Å².